The summed E-state index contributed by atoms with van der Waals surface area (Å²) in [5.74, 6) is 1.28. The third-order valence-electron chi connectivity index (χ3n) is 4.24. The minimum absolute atomic E-state index is 0.405. The molecule has 3 rings (SSSR count). The number of hydrogen-bond donors (Lipinski definition) is 1. The molecule has 2 nitrogen and oxygen atoms in total. The standard InChI is InChI=1S/C15H21NO/c17-14-8-7-13-6-3-9-16(15(13)10-14)11-12-4-1-2-5-12/h7-8,10,12,17H,1-6,9,11H2. The summed E-state index contributed by atoms with van der Waals surface area (Å²) in [6, 6.07) is 5.85. The molecule has 1 saturated carbocycles. The normalized spacial score (nSPS) is 20.6. The van der Waals surface area contributed by atoms with Crippen LogP contribution >= 0.6 is 0 Å². The van der Waals surface area contributed by atoms with Crippen molar-refractivity contribution in [2.75, 3.05) is 18.0 Å². The number of aryl methyl sites for hydroxylation is 1. The minimum atomic E-state index is 0.405. The molecule has 92 valence electrons. The van der Waals surface area contributed by atoms with Gasteiger partial charge in [0.2, 0.25) is 0 Å². The van der Waals surface area contributed by atoms with E-state index in [0.29, 0.717) is 5.75 Å². The first-order chi connectivity index (χ1) is 8.33. The molecule has 0 atom stereocenters. The van der Waals surface area contributed by atoms with E-state index in [0.717, 1.165) is 18.9 Å². The Balaban J connectivity index is 1.80. The molecule has 1 heterocycles. The first-order valence-electron chi connectivity index (χ1n) is 6.90. The largest absolute Gasteiger partial charge is 0.508 e. The van der Waals surface area contributed by atoms with Crippen molar-refractivity contribution in [1.29, 1.82) is 0 Å². The van der Waals surface area contributed by atoms with Crippen molar-refractivity contribution in [1.82, 2.24) is 0 Å². The van der Waals surface area contributed by atoms with E-state index in [4.69, 9.17) is 0 Å². The third-order valence-corrected chi connectivity index (χ3v) is 4.24. The van der Waals surface area contributed by atoms with Gasteiger partial charge in [0.05, 0.1) is 0 Å². The average molecular weight is 231 g/mol. The number of phenols is 1. The van der Waals surface area contributed by atoms with E-state index in [2.05, 4.69) is 11.0 Å². The zero-order valence-electron chi connectivity index (χ0n) is 10.4. The topological polar surface area (TPSA) is 23.5 Å². The van der Waals surface area contributed by atoms with Gasteiger partial charge in [0.25, 0.3) is 0 Å². The summed E-state index contributed by atoms with van der Waals surface area (Å²) in [5.41, 5.74) is 2.69. The summed E-state index contributed by atoms with van der Waals surface area (Å²) in [4.78, 5) is 2.49. The third kappa shape index (κ3) is 2.26. The second kappa shape index (κ2) is 4.59. The highest BCUT2D eigenvalue weighted by Gasteiger charge is 2.22. The van der Waals surface area contributed by atoms with E-state index >= 15 is 0 Å². The number of aromatic hydroxyl groups is 1. The molecule has 2 heteroatoms. The van der Waals surface area contributed by atoms with Gasteiger partial charge < -0.3 is 10.0 Å². The van der Waals surface area contributed by atoms with Crippen molar-refractivity contribution < 1.29 is 5.11 Å². The molecular formula is C15H21NO. The number of hydrogen-bond acceptors (Lipinski definition) is 2. The lowest BCUT2D eigenvalue weighted by atomic mass is 9.99. The molecule has 0 saturated heterocycles. The summed E-state index contributed by atoms with van der Waals surface area (Å²) >= 11 is 0. The highest BCUT2D eigenvalue weighted by Crippen LogP contribution is 2.33. The Morgan fingerprint density at radius 2 is 2.00 bits per heavy atom. The zero-order valence-corrected chi connectivity index (χ0v) is 10.4. The van der Waals surface area contributed by atoms with Gasteiger partial charge in [-0.1, -0.05) is 18.9 Å². The SMILES string of the molecule is Oc1ccc2c(c1)N(CC1CCCC1)CCC2. The van der Waals surface area contributed by atoms with Gasteiger partial charge in [0.15, 0.2) is 0 Å². The predicted molar refractivity (Wildman–Crippen MR) is 70.6 cm³/mol. The lowest BCUT2D eigenvalue weighted by molar-refractivity contribution is 0.472. The number of nitrogens with zero attached hydrogens (tertiary/aromatic N) is 1. The van der Waals surface area contributed by atoms with Gasteiger partial charge in [-0.15, -0.1) is 0 Å². The highest BCUT2D eigenvalue weighted by molar-refractivity contribution is 5.58. The van der Waals surface area contributed by atoms with Gasteiger partial charge in [-0.05, 0) is 43.2 Å². The molecule has 1 fully saturated rings. The van der Waals surface area contributed by atoms with Gasteiger partial charge >= 0.3 is 0 Å². The zero-order chi connectivity index (χ0) is 11.7. The fourth-order valence-electron chi connectivity index (χ4n) is 3.33. The van der Waals surface area contributed by atoms with Crippen LogP contribution in [0.25, 0.3) is 0 Å². The Morgan fingerprint density at radius 1 is 1.18 bits per heavy atom. The Bertz CT molecular complexity index is 396. The van der Waals surface area contributed by atoms with Crippen molar-refractivity contribution in [3.63, 3.8) is 0 Å². The van der Waals surface area contributed by atoms with Gasteiger partial charge in [0.1, 0.15) is 5.75 Å². The smallest absolute Gasteiger partial charge is 0.117 e. The Labute approximate surface area is 103 Å². The summed E-state index contributed by atoms with van der Waals surface area (Å²) in [5, 5.41) is 9.64. The van der Waals surface area contributed by atoms with Gasteiger partial charge in [-0.25, -0.2) is 0 Å². The fraction of sp³-hybridized carbons (Fsp3) is 0.600. The van der Waals surface area contributed by atoms with Crippen molar-refractivity contribution >= 4 is 5.69 Å². The van der Waals surface area contributed by atoms with Crippen molar-refractivity contribution in [3.8, 4) is 5.75 Å². The summed E-state index contributed by atoms with van der Waals surface area (Å²) < 4.78 is 0. The lowest BCUT2D eigenvalue weighted by Crippen LogP contribution is -2.33. The maximum absolute atomic E-state index is 9.64. The van der Waals surface area contributed by atoms with E-state index in [1.165, 1.54) is 49.9 Å². The molecule has 1 aliphatic heterocycles. The number of rotatable bonds is 2. The lowest BCUT2D eigenvalue weighted by Gasteiger charge is -2.33. The fourth-order valence-corrected chi connectivity index (χ4v) is 3.33. The molecule has 0 bridgehead atoms. The quantitative estimate of drug-likeness (QED) is 0.844. The number of benzene rings is 1. The van der Waals surface area contributed by atoms with Crippen molar-refractivity contribution in [2.24, 2.45) is 5.92 Å². The Kier molecular flexibility index (Phi) is 2.96. The van der Waals surface area contributed by atoms with Crippen LogP contribution in [0.15, 0.2) is 18.2 Å². The van der Waals surface area contributed by atoms with Crippen LogP contribution in [0, 0.1) is 5.92 Å². The molecule has 2 aliphatic rings. The van der Waals surface area contributed by atoms with Crippen LogP contribution in [0.2, 0.25) is 0 Å². The van der Waals surface area contributed by atoms with E-state index in [1.54, 1.807) is 0 Å². The van der Waals surface area contributed by atoms with Crippen LogP contribution in [-0.2, 0) is 6.42 Å². The monoisotopic (exact) mass is 231 g/mol. The van der Waals surface area contributed by atoms with Crippen LogP contribution in [0.4, 0.5) is 5.69 Å². The maximum atomic E-state index is 9.64. The second-order valence-corrected chi connectivity index (χ2v) is 5.51. The van der Waals surface area contributed by atoms with Gasteiger partial charge in [-0.3, -0.25) is 0 Å². The van der Waals surface area contributed by atoms with E-state index < -0.39 is 0 Å². The van der Waals surface area contributed by atoms with Gasteiger partial charge in [0, 0.05) is 24.8 Å². The maximum Gasteiger partial charge on any atom is 0.117 e. The van der Waals surface area contributed by atoms with Crippen molar-refractivity contribution in [3.05, 3.63) is 23.8 Å². The van der Waals surface area contributed by atoms with Crippen LogP contribution in [0.1, 0.15) is 37.7 Å². The Hall–Kier alpha value is -1.18. The summed E-state index contributed by atoms with van der Waals surface area (Å²) in [6.07, 6.45) is 8.02. The summed E-state index contributed by atoms with van der Waals surface area (Å²) in [6.45, 7) is 2.35. The predicted octanol–water partition coefficient (Wildman–Crippen LogP) is 3.34. The molecule has 0 radical (unpaired) electrons. The Morgan fingerprint density at radius 3 is 2.82 bits per heavy atom. The van der Waals surface area contributed by atoms with E-state index in [1.807, 2.05) is 12.1 Å². The molecule has 1 aromatic carbocycles. The number of fused-ring (bicyclic) bond motifs is 1. The molecule has 1 N–H and O–H groups in total. The molecular weight excluding hydrogens is 210 g/mol. The van der Waals surface area contributed by atoms with E-state index in [-0.39, 0.29) is 0 Å². The number of anilines is 1. The molecule has 17 heavy (non-hydrogen) atoms. The van der Waals surface area contributed by atoms with Crippen molar-refractivity contribution in [2.45, 2.75) is 38.5 Å². The molecule has 1 aromatic rings. The molecule has 0 unspecified atom stereocenters. The first-order valence-corrected chi connectivity index (χ1v) is 6.90. The van der Waals surface area contributed by atoms with Crippen LogP contribution in [0.3, 0.4) is 0 Å². The molecule has 1 aliphatic carbocycles. The van der Waals surface area contributed by atoms with E-state index in [9.17, 15) is 5.11 Å². The number of phenolic OH excluding ortho intramolecular Hbond substituents is 1. The molecule has 0 spiro atoms. The average Bonchev–Trinajstić information content (AvgIpc) is 2.83. The van der Waals surface area contributed by atoms with Crippen LogP contribution < -0.4 is 4.90 Å². The van der Waals surface area contributed by atoms with Crippen LogP contribution in [-0.4, -0.2) is 18.2 Å². The van der Waals surface area contributed by atoms with Crippen LogP contribution in [0.5, 0.6) is 5.75 Å². The highest BCUT2D eigenvalue weighted by atomic mass is 16.3. The molecule has 0 aromatic heterocycles. The molecule has 0 amide bonds. The minimum Gasteiger partial charge on any atom is -0.508 e. The summed E-state index contributed by atoms with van der Waals surface area (Å²) in [7, 11) is 0. The second-order valence-electron chi connectivity index (χ2n) is 5.51. The van der Waals surface area contributed by atoms with Gasteiger partial charge in [-0.2, -0.15) is 0 Å². The first kappa shape index (κ1) is 10.9.